The van der Waals surface area contributed by atoms with Gasteiger partial charge in [-0.3, -0.25) is 0 Å². The van der Waals surface area contributed by atoms with Gasteiger partial charge in [-0.05, 0) is 151 Å². The van der Waals surface area contributed by atoms with E-state index in [1.807, 2.05) is 12.1 Å². The quantitative estimate of drug-likeness (QED) is 0.175. The van der Waals surface area contributed by atoms with Crippen molar-refractivity contribution in [2.24, 2.45) is 51.2 Å². The standard InChI is InChI=1S/C44H61N3O4S/c1-28(2)32-17-22-44(47-26-25-45-37-16-13-31(27-46-37)52(8,50)51)24-23-42(6)34(38(32)44)14-15-36-41(5)20-18-33(29-9-11-30(12-10-29)39(48)49)40(3,4)35(41)19-21-43(36,42)7/h9-13,16,18,27,32,34-36,38,47H,1,14-15,17,19-26H2,2-8H3,(H,45,46)(H,48,49)/t32-,34+,35-,36+,38+,41-,42+,43+,44-/m0/s1. The molecule has 282 valence electrons. The lowest BCUT2D eigenvalue weighted by molar-refractivity contribution is -0.219. The molecule has 7 nitrogen and oxygen atoms in total. The van der Waals surface area contributed by atoms with Crippen molar-refractivity contribution in [3.63, 3.8) is 0 Å². The Bertz CT molecular complexity index is 1870. The minimum absolute atomic E-state index is 0.00172. The molecule has 2 aromatic rings. The number of sulfone groups is 1. The second-order valence-electron chi connectivity index (χ2n) is 18.8. The van der Waals surface area contributed by atoms with Crippen LogP contribution in [-0.4, -0.2) is 49.4 Å². The van der Waals surface area contributed by atoms with Crippen LogP contribution in [0.2, 0.25) is 0 Å². The van der Waals surface area contributed by atoms with Crippen molar-refractivity contribution in [2.75, 3.05) is 24.7 Å². The average Bonchev–Trinajstić information content (AvgIpc) is 3.47. The van der Waals surface area contributed by atoms with Crippen molar-refractivity contribution < 1.29 is 18.3 Å². The Balaban J connectivity index is 1.12. The second kappa shape index (κ2) is 12.8. The van der Waals surface area contributed by atoms with E-state index in [1.165, 1.54) is 80.5 Å². The normalized spacial score (nSPS) is 37.8. The summed E-state index contributed by atoms with van der Waals surface area (Å²) in [5, 5.41) is 17.1. The molecule has 5 aliphatic rings. The second-order valence-corrected chi connectivity index (χ2v) is 20.8. The summed E-state index contributed by atoms with van der Waals surface area (Å²) in [7, 11) is -3.27. The highest BCUT2D eigenvalue weighted by Crippen LogP contribution is 2.76. The number of carbonyl (C=O) groups is 1. The first-order chi connectivity index (χ1) is 24.4. The molecule has 4 fully saturated rings. The highest BCUT2D eigenvalue weighted by Gasteiger charge is 2.70. The van der Waals surface area contributed by atoms with E-state index in [2.05, 4.69) is 69.8 Å². The van der Waals surface area contributed by atoms with Gasteiger partial charge in [-0.1, -0.05) is 65.0 Å². The fourth-order valence-electron chi connectivity index (χ4n) is 13.5. The van der Waals surface area contributed by atoms with Gasteiger partial charge in [0.25, 0.3) is 0 Å². The largest absolute Gasteiger partial charge is 0.478 e. The van der Waals surface area contributed by atoms with Gasteiger partial charge in [-0.15, -0.1) is 0 Å². The minimum atomic E-state index is -3.27. The van der Waals surface area contributed by atoms with Crippen LogP contribution in [0.5, 0.6) is 0 Å². The Labute approximate surface area is 312 Å². The summed E-state index contributed by atoms with van der Waals surface area (Å²) in [6.45, 7) is 21.3. The topological polar surface area (TPSA) is 108 Å². The first-order valence-electron chi connectivity index (χ1n) is 19.7. The Morgan fingerprint density at radius 1 is 0.904 bits per heavy atom. The lowest BCUT2D eigenvalue weighted by Gasteiger charge is -2.72. The molecule has 3 N–H and O–H groups in total. The maximum atomic E-state index is 11.9. The van der Waals surface area contributed by atoms with E-state index >= 15 is 0 Å². The van der Waals surface area contributed by atoms with E-state index in [9.17, 15) is 18.3 Å². The van der Waals surface area contributed by atoms with E-state index in [0.717, 1.165) is 19.5 Å². The van der Waals surface area contributed by atoms with E-state index < -0.39 is 15.8 Å². The van der Waals surface area contributed by atoms with Crippen molar-refractivity contribution in [1.29, 1.82) is 0 Å². The minimum Gasteiger partial charge on any atom is -0.478 e. The zero-order valence-corrected chi connectivity index (χ0v) is 33.3. The zero-order valence-electron chi connectivity index (χ0n) is 32.5. The fourth-order valence-corrected chi connectivity index (χ4v) is 14.1. The van der Waals surface area contributed by atoms with Crippen LogP contribution in [0.4, 0.5) is 5.82 Å². The van der Waals surface area contributed by atoms with E-state index in [0.29, 0.717) is 41.0 Å². The van der Waals surface area contributed by atoms with Gasteiger partial charge >= 0.3 is 5.97 Å². The first kappa shape index (κ1) is 37.3. The van der Waals surface area contributed by atoms with Crippen LogP contribution in [0.3, 0.4) is 0 Å². The summed E-state index contributed by atoms with van der Waals surface area (Å²) in [6, 6.07) is 10.9. The van der Waals surface area contributed by atoms with Gasteiger partial charge in [-0.2, -0.15) is 0 Å². The van der Waals surface area contributed by atoms with E-state index in [1.54, 1.807) is 24.3 Å². The van der Waals surface area contributed by atoms with Crippen molar-refractivity contribution in [2.45, 2.75) is 110 Å². The van der Waals surface area contributed by atoms with Crippen LogP contribution in [-0.2, 0) is 9.84 Å². The molecule has 0 radical (unpaired) electrons. The number of rotatable bonds is 9. The maximum absolute atomic E-state index is 11.9. The highest BCUT2D eigenvalue weighted by atomic mass is 32.2. The summed E-state index contributed by atoms with van der Waals surface area (Å²) < 4.78 is 23.8. The van der Waals surface area contributed by atoms with Gasteiger partial charge in [0.05, 0.1) is 10.5 Å². The van der Waals surface area contributed by atoms with Crippen molar-refractivity contribution >= 4 is 27.2 Å². The SMILES string of the molecule is C=C(C)[C@@H]1CC[C@]2(NCCNc3ccc(S(C)(=O)=O)cn3)CC[C@]3(C)[C@H](CC[C@@H]4[C@@]5(C)CC=C(c6ccc(C(=O)O)cc6)C(C)(C)[C@@H]5CC[C@]43C)[C@@H]12. The third-order valence-electron chi connectivity index (χ3n) is 16.2. The summed E-state index contributed by atoms with van der Waals surface area (Å²) >= 11 is 0. The van der Waals surface area contributed by atoms with Crippen LogP contribution in [0, 0.1) is 51.2 Å². The molecule has 8 heteroatoms. The van der Waals surface area contributed by atoms with Crippen molar-refractivity contribution in [1.82, 2.24) is 10.3 Å². The molecule has 0 saturated heterocycles. The third kappa shape index (κ3) is 5.72. The third-order valence-corrected chi connectivity index (χ3v) is 17.3. The molecule has 0 amide bonds. The molecular formula is C44H61N3O4S. The van der Waals surface area contributed by atoms with Gasteiger partial charge in [0.1, 0.15) is 5.82 Å². The molecule has 0 aliphatic heterocycles. The molecule has 0 spiro atoms. The van der Waals surface area contributed by atoms with Gasteiger partial charge in [0.2, 0.25) is 0 Å². The lowest BCUT2D eigenvalue weighted by atomic mass is 9.33. The molecule has 0 bridgehead atoms. The predicted molar refractivity (Wildman–Crippen MR) is 210 cm³/mol. The number of carboxylic acids is 1. The van der Waals surface area contributed by atoms with Gasteiger partial charge in [0, 0.05) is 31.1 Å². The number of nitrogens with one attached hydrogen (secondary N) is 2. The number of anilines is 1. The summed E-state index contributed by atoms with van der Waals surface area (Å²) in [4.78, 5) is 16.2. The molecule has 0 unspecified atom stereocenters. The van der Waals surface area contributed by atoms with Gasteiger partial charge in [-0.25, -0.2) is 18.2 Å². The first-order valence-corrected chi connectivity index (χ1v) is 21.6. The predicted octanol–water partition coefficient (Wildman–Crippen LogP) is 9.29. The molecule has 1 aromatic heterocycles. The zero-order chi connectivity index (χ0) is 37.5. The fraction of sp³-hybridized carbons (Fsp3) is 0.636. The number of fused-ring (bicyclic) bond motifs is 7. The number of aromatic carboxylic acids is 1. The maximum Gasteiger partial charge on any atom is 0.335 e. The smallest absolute Gasteiger partial charge is 0.335 e. The molecule has 1 heterocycles. The molecule has 9 atom stereocenters. The molecule has 52 heavy (non-hydrogen) atoms. The van der Waals surface area contributed by atoms with Crippen LogP contribution in [0.15, 0.2) is 65.7 Å². The molecule has 4 saturated carbocycles. The number of hydrogen-bond acceptors (Lipinski definition) is 6. The Hall–Kier alpha value is -2.97. The molecule has 7 rings (SSSR count). The number of aromatic nitrogens is 1. The number of benzene rings is 1. The van der Waals surface area contributed by atoms with Gasteiger partial charge < -0.3 is 15.7 Å². The number of pyridine rings is 1. The summed E-state index contributed by atoms with van der Waals surface area (Å²) in [5.74, 6) is 2.80. The number of nitrogens with zero attached hydrogens (tertiary/aromatic N) is 1. The Kier molecular flexibility index (Phi) is 9.21. The number of allylic oxidation sites excluding steroid dienone is 3. The molecular weight excluding hydrogens is 667 g/mol. The number of carboxylic acid groups (broad SMARTS) is 1. The highest BCUT2D eigenvalue weighted by molar-refractivity contribution is 7.90. The monoisotopic (exact) mass is 727 g/mol. The number of hydrogen-bond donors (Lipinski definition) is 3. The lowest BCUT2D eigenvalue weighted by Crippen LogP contribution is -2.68. The summed E-state index contributed by atoms with van der Waals surface area (Å²) in [6.07, 6.45) is 16.1. The van der Waals surface area contributed by atoms with Crippen molar-refractivity contribution in [3.05, 3.63) is 72.0 Å². The summed E-state index contributed by atoms with van der Waals surface area (Å²) in [5.41, 5.74) is 5.06. The van der Waals surface area contributed by atoms with Crippen LogP contribution >= 0.6 is 0 Å². The van der Waals surface area contributed by atoms with Crippen LogP contribution in [0.1, 0.15) is 115 Å². The molecule has 5 aliphatic carbocycles. The Morgan fingerprint density at radius 2 is 1.63 bits per heavy atom. The Morgan fingerprint density at radius 3 is 2.27 bits per heavy atom. The van der Waals surface area contributed by atoms with E-state index in [4.69, 9.17) is 0 Å². The van der Waals surface area contributed by atoms with Crippen LogP contribution < -0.4 is 10.6 Å². The molecule has 1 aromatic carbocycles. The van der Waals surface area contributed by atoms with Crippen LogP contribution in [0.25, 0.3) is 5.57 Å². The van der Waals surface area contributed by atoms with E-state index in [-0.39, 0.29) is 32.1 Å². The van der Waals surface area contributed by atoms with Gasteiger partial charge in [0.15, 0.2) is 9.84 Å². The van der Waals surface area contributed by atoms with Crippen molar-refractivity contribution in [3.8, 4) is 0 Å². The average molecular weight is 728 g/mol.